The van der Waals surface area contributed by atoms with E-state index in [-0.39, 0.29) is 42.7 Å². The maximum atomic E-state index is 12.8. The van der Waals surface area contributed by atoms with E-state index < -0.39 is 18.1 Å². The second-order valence-electron chi connectivity index (χ2n) is 19.4. The number of likely N-dealkylation sites (N-methyl/N-ethyl adjacent to an activating group) is 1. The second-order valence-corrected chi connectivity index (χ2v) is 19.4. The Morgan fingerprint density at radius 1 is 0.477 bits per heavy atom. The lowest BCUT2D eigenvalue weighted by Gasteiger charge is -2.34. The van der Waals surface area contributed by atoms with Crippen molar-refractivity contribution < 1.29 is 38.2 Å². The number of carboxylic acid groups (broad SMARTS) is 1. The zero-order valence-electron chi connectivity index (χ0n) is 43.2. The molecule has 0 fully saturated rings. The molecule has 8 nitrogen and oxygen atoms in total. The molecule has 0 aliphatic heterocycles. The third-order valence-corrected chi connectivity index (χ3v) is 12.2. The number of hydrogen-bond acceptors (Lipinski definition) is 7. The summed E-state index contributed by atoms with van der Waals surface area (Å²) in [5.74, 6) is -1.74. The molecule has 2 unspecified atom stereocenters. The van der Waals surface area contributed by atoms with Gasteiger partial charge in [-0.15, -0.1) is 0 Å². The first-order valence-corrected chi connectivity index (χ1v) is 27.2. The first-order chi connectivity index (χ1) is 31.6. The monoisotopic (exact) mass is 914 g/mol. The van der Waals surface area contributed by atoms with Gasteiger partial charge in [-0.25, -0.2) is 0 Å². The number of quaternary nitrogens is 1. The van der Waals surface area contributed by atoms with Crippen molar-refractivity contribution in [1.29, 1.82) is 0 Å². The number of unbranched alkanes of at least 4 members (excludes halogenated alkanes) is 27. The van der Waals surface area contributed by atoms with Gasteiger partial charge in [0.15, 0.2) is 6.10 Å². The molecule has 0 N–H and O–H groups in total. The van der Waals surface area contributed by atoms with Gasteiger partial charge in [-0.1, -0.05) is 223 Å². The Hall–Kier alpha value is -2.71. The SMILES string of the molecule is CC/C=C/C/C=C/C/C=C/C/C=C/CCCCCCCCC(=O)OC(COCCC(C(=O)[O-])[N+](C)(C)C)COC(=O)CCCCCCCCCCCCCCCCCCCCCCCC. The van der Waals surface area contributed by atoms with Crippen molar-refractivity contribution in [3.05, 3.63) is 48.6 Å². The Bertz CT molecular complexity index is 1200. The Morgan fingerprint density at radius 2 is 0.862 bits per heavy atom. The van der Waals surface area contributed by atoms with Gasteiger partial charge in [0.2, 0.25) is 0 Å². The highest BCUT2D eigenvalue weighted by Crippen LogP contribution is 2.17. The predicted molar refractivity (Wildman–Crippen MR) is 273 cm³/mol. The van der Waals surface area contributed by atoms with E-state index in [1.54, 1.807) is 21.1 Å². The van der Waals surface area contributed by atoms with Crippen LogP contribution in [0.3, 0.4) is 0 Å². The number of esters is 2. The van der Waals surface area contributed by atoms with Crippen molar-refractivity contribution >= 4 is 17.9 Å². The Morgan fingerprint density at radius 3 is 1.28 bits per heavy atom. The third-order valence-electron chi connectivity index (χ3n) is 12.2. The molecule has 0 radical (unpaired) electrons. The topological polar surface area (TPSA) is 102 Å². The lowest BCUT2D eigenvalue weighted by Crippen LogP contribution is -2.55. The highest BCUT2D eigenvalue weighted by molar-refractivity contribution is 5.70. The molecular weight excluding hydrogens is 811 g/mol. The number of hydrogen-bond donors (Lipinski definition) is 0. The molecule has 0 rings (SSSR count). The number of carbonyl (C=O) groups is 3. The highest BCUT2D eigenvalue weighted by atomic mass is 16.6. The van der Waals surface area contributed by atoms with Crippen LogP contribution in [-0.4, -0.2) is 75.5 Å². The first kappa shape index (κ1) is 62.3. The van der Waals surface area contributed by atoms with Crippen molar-refractivity contribution in [2.24, 2.45) is 0 Å². The fourth-order valence-corrected chi connectivity index (χ4v) is 8.06. The molecule has 0 amide bonds. The average Bonchev–Trinajstić information content (AvgIpc) is 3.27. The summed E-state index contributed by atoms with van der Waals surface area (Å²) >= 11 is 0. The molecule has 0 spiro atoms. The van der Waals surface area contributed by atoms with Crippen molar-refractivity contribution in [2.75, 3.05) is 41.0 Å². The van der Waals surface area contributed by atoms with Crippen LogP contribution in [0.2, 0.25) is 0 Å². The third kappa shape index (κ3) is 46.2. The van der Waals surface area contributed by atoms with Gasteiger partial charge in [-0.05, 0) is 51.4 Å². The van der Waals surface area contributed by atoms with Crippen LogP contribution < -0.4 is 5.11 Å². The van der Waals surface area contributed by atoms with E-state index >= 15 is 0 Å². The number of carbonyl (C=O) groups excluding carboxylic acids is 3. The van der Waals surface area contributed by atoms with Crippen LogP contribution in [0, 0.1) is 0 Å². The summed E-state index contributed by atoms with van der Waals surface area (Å²) in [4.78, 5) is 37.1. The molecule has 8 heteroatoms. The van der Waals surface area contributed by atoms with E-state index in [4.69, 9.17) is 14.2 Å². The zero-order chi connectivity index (χ0) is 47.7. The van der Waals surface area contributed by atoms with Gasteiger partial charge in [0.05, 0.1) is 40.3 Å². The minimum absolute atomic E-state index is 0.0363. The summed E-state index contributed by atoms with van der Waals surface area (Å²) in [7, 11) is 5.42. The maximum absolute atomic E-state index is 12.8. The van der Waals surface area contributed by atoms with Gasteiger partial charge >= 0.3 is 11.9 Å². The molecule has 0 saturated carbocycles. The molecule has 0 aromatic carbocycles. The van der Waals surface area contributed by atoms with E-state index in [0.717, 1.165) is 77.0 Å². The second kappa shape index (κ2) is 47.8. The maximum Gasteiger partial charge on any atom is 0.306 e. The molecule has 0 saturated heterocycles. The minimum atomic E-state index is -1.13. The Labute approximate surface area is 401 Å². The van der Waals surface area contributed by atoms with Crippen LogP contribution in [0.25, 0.3) is 0 Å². The Balaban J connectivity index is 4.20. The van der Waals surface area contributed by atoms with E-state index in [1.165, 1.54) is 135 Å². The van der Waals surface area contributed by atoms with Crippen molar-refractivity contribution in [3.8, 4) is 0 Å². The number of aliphatic carboxylic acids is 1. The van der Waals surface area contributed by atoms with Crippen molar-refractivity contribution in [1.82, 2.24) is 0 Å². The van der Waals surface area contributed by atoms with Gasteiger partial charge in [0.25, 0.3) is 0 Å². The van der Waals surface area contributed by atoms with Gasteiger partial charge in [0.1, 0.15) is 12.6 Å². The molecular formula is C57H103NO7. The standard InChI is InChI=1S/C57H103NO7/c1-6-8-10-12-14-16-18-20-22-24-26-27-28-30-31-33-35-37-39-41-43-45-47-55(59)64-52-53(51-63-50-49-54(57(61)62)58(3,4)5)65-56(60)48-46-44-42-40-38-36-34-32-29-25-23-21-19-17-15-13-11-9-7-2/h9,11,15,17,21,23,29,32,53-54H,6-8,10,12-14,16,18-20,22,24-28,30-31,33-52H2,1-5H3/b11-9+,17-15+,23-21+,32-29+. The average molecular weight is 914 g/mol. The fraction of sp³-hybridized carbons (Fsp3) is 0.807. The molecule has 0 aromatic rings. The molecule has 0 aliphatic rings. The summed E-state index contributed by atoms with van der Waals surface area (Å²) in [5, 5.41) is 11.7. The van der Waals surface area contributed by atoms with E-state index in [2.05, 4.69) is 62.5 Å². The fourth-order valence-electron chi connectivity index (χ4n) is 8.06. The van der Waals surface area contributed by atoms with Crippen molar-refractivity contribution in [3.63, 3.8) is 0 Å². The number of ether oxygens (including phenoxy) is 3. The summed E-state index contributed by atoms with van der Waals surface area (Å²) in [6.07, 6.45) is 58.6. The lowest BCUT2D eigenvalue weighted by atomic mass is 10.0. The number of carboxylic acids is 1. The molecule has 0 aromatic heterocycles. The largest absolute Gasteiger partial charge is 0.544 e. The van der Waals surface area contributed by atoms with Crippen LogP contribution in [0.15, 0.2) is 48.6 Å². The number of allylic oxidation sites excluding steroid dienone is 8. The summed E-state index contributed by atoms with van der Waals surface area (Å²) < 4.78 is 17.3. The Kier molecular flexibility index (Phi) is 45.8. The van der Waals surface area contributed by atoms with Gasteiger partial charge < -0.3 is 28.6 Å². The molecule has 65 heavy (non-hydrogen) atoms. The van der Waals surface area contributed by atoms with Crippen molar-refractivity contribution in [2.45, 2.75) is 257 Å². The van der Waals surface area contributed by atoms with E-state index in [0.29, 0.717) is 12.8 Å². The number of rotatable bonds is 49. The van der Waals surface area contributed by atoms with Crippen LogP contribution >= 0.6 is 0 Å². The molecule has 0 bridgehead atoms. The van der Waals surface area contributed by atoms with E-state index in [9.17, 15) is 19.5 Å². The summed E-state index contributed by atoms with van der Waals surface area (Å²) in [6, 6.07) is -0.729. The predicted octanol–water partition coefficient (Wildman–Crippen LogP) is 14.6. The van der Waals surface area contributed by atoms with Crippen LogP contribution in [0.4, 0.5) is 0 Å². The lowest BCUT2D eigenvalue weighted by molar-refractivity contribution is -0.889. The minimum Gasteiger partial charge on any atom is -0.544 e. The molecule has 0 aliphatic carbocycles. The van der Waals surface area contributed by atoms with Gasteiger partial charge in [0, 0.05) is 19.3 Å². The number of nitrogens with zero attached hydrogens (tertiary/aromatic N) is 1. The zero-order valence-corrected chi connectivity index (χ0v) is 43.2. The highest BCUT2D eigenvalue weighted by Gasteiger charge is 2.25. The van der Waals surface area contributed by atoms with Gasteiger partial charge in [-0.3, -0.25) is 9.59 Å². The molecule has 378 valence electrons. The van der Waals surface area contributed by atoms with Crippen LogP contribution in [0.5, 0.6) is 0 Å². The van der Waals surface area contributed by atoms with Crippen LogP contribution in [0.1, 0.15) is 245 Å². The molecule has 2 atom stereocenters. The van der Waals surface area contributed by atoms with Crippen LogP contribution in [-0.2, 0) is 28.6 Å². The normalized spacial score (nSPS) is 13.2. The molecule has 0 heterocycles. The quantitative estimate of drug-likeness (QED) is 0.0259. The summed E-state index contributed by atoms with van der Waals surface area (Å²) in [6.45, 7) is 4.57. The smallest absolute Gasteiger partial charge is 0.306 e. The first-order valence-electron chi connectivity index (χ1n) is 27.2. The van der Waals surface area contributed by atoms with E-state index in [1.807, 2.05) is 0 Å². The summed E-state index contributed by atoms with van der Waals surface area (Å²) in [5.41, 5.74) is 0. The van der Waals surface area contributed by atoms with Gasteiger partial charge in [-0.2, -0.15) is 0 Å².